The highest BCUT2D eigenvalue weighted by molar-refractivity contribution is 5.59. The Morgan fingerprint density at radius 3 is 3.00 bits per heavy atom. The molecule has 1 aliphatic heterocycles. The topological polar surface area (TPSA) is 91.0 Å². The Balaban J connectivity index is 2.16. The molecule has 0 bridgehead atoms. The van der Waals surface area contributed by atoms with Gasteiger partial charge >= 0.3 is 0 Å². The van der Waals surface area contributed by atoms with Gasteiger partial charge < -0.3 is 10.6 Å². The fraction of sp³-hybridized carbons (Fsp3) is 0.417. The van der Waals surface area contributed by atoms with E-state index in [0.717, 1.165) is 25.9 Å². The van der Waals surface area contributed by atoms with Crippen LogP contribution in [0.5, 0.6) is 0 Å². The van der Waals surface area contributed by atoms with Gasteiger partial charge in [0.25, 0.3) is 5.69 Å². The average Bonchev–Trinajstić information content (AvgIpc) is 2.40. The Morgan fingerprint density at radius 1 is 1.56 bits per heavy atom. The highest BCUT2D eigenvalue weighted by Gasteiger charge is 2.17. The first-order valence-corrected chi connectivity index (χ1v) is 5.86. The minimum atomic E-state index is -0.525. The summed E-state index contributed by atoms with van der Waals surface area (Å²) < 4.78 is 0. The van der Waals surface area contributed by atoms with Crippen molar-refractivity contribution in [3.63, 3.8) is 0 Å². The van der Waals surface area contributed by atoms with Crippen LogP contribution in [0, 0.1) is 21.4 Å². The van der Waals surface area contributed by atoms with Crippen LogP contribution in [0.1, 0.15) is 18.4 Å². The van der Waals surface area contributed by atoms with Crippen LogP contribution >= 0.6 is 0 Å². The molecule has 2 N–H and O–H groups in total. The summed E-state index contributed by atoms with van der Waals surface area (Å²) in [5.74, 6) is 0. The Bertz CT molecular complexity index is 489. The molecule has 1 saturated heterocycles. The van der Waals surface area contributed by atoms with Crippen molar-refractivity contribution in [1.29, 1.82) is 5.26 Å². The van der Waals surface area contributed by atoms with E-state index in [4.69, 9.17) is 5.26 Å². The third-order valence-electron chi connectivity index (χ3n) is 2.98. The third kappa shape index (κ3) is 2.76. The van der Waals surface area contributed by atoms with Gasteiger partial charge in [-0.15, -0.1) is 0 Å². The van der Waals surface area contributed by atoms with Crippen LogP contribution in [0.2, 0.25) is 0 Å². The minimum Gasteiger partial charge on any atom is -0.381 e. The summed E-state index contributed by atoms with van der Waals surface area (Å²) in [6.07, 6.45) is 2.14. The highest BCUT2D eigenvalue weighted by atomic mass is 16.6. The van der Waals surface area contributed by atoms with Gasteiger partial charge in [-0.3, -0.25) is 10.1 Å². The Morgan fingerprint density at radius 2 is 2.39 bits per heavy atom. The number of hydrogen-bond donors (Lipinski definition) is 2. The van der Waals surface area contributed by atoms with Crippen LogP contribution in [0.4, 0.5) is 11.4 Å². The smallest absolute Gasteiger partial charge is 0.289 e. The van der Waals surface area contributed by atoms with Gasteiger partial charge in [0, 0.05) is 24.3 Å². The number of piperidine rings is 1. The molecular formula is C12H14N4O2. The second-order valence-corrected chi connectivity index (χ2v) is 4.29. The Hall–Kier alpha value is -2.13. The van der Waals surface area contributed by atoms with E-state index in [9.17, 15) is 10.1 Å². The zero-order valence-electron chi connectivity index (χ0n) is 9.85. The summed E-state index contributed by atoms with van der Waals surface area (Å²) in [5.41, 5.74) is 0.632. The predicted octanol–water partition coefficient (Wildman–Crippen LogP) is 1.63. The number of nitrogens with zero attached hydrogens (tertiary/aromatic N) is 2. The molecule has 0 radical (unpaired) electrons. The molecule has 94 valence electrons. The molecule has 1 aliphatic rings. The predicted molar refractivity (Wildman–Crippen MR) is 67.3 cm³/mol. The molecular weight excluding hydrogens is 232 g/mol. The minimum absolute atomic E-state index is 0.0901. The summed E-state index contributed by atoms with van der Waals surface area (Å²) >= 11 is 0. The summed E-state index contributed by atoms with van der Waals surface area (Å²) in [4.78, 5) is 10.3. The SMILES string of the molecule is N#Cc1ccc(NC2CCCNC2)cc1[N+](=O)[O-]. The van der Waals surface area contributed by atoms with E-state index in [2.05, 4.69) is 10.6 Å². The highest BCUT2D eigenvalue weighted by Crippen LogP contribution is 2.23. The van der Waals surface area contributed by atoms with E-state index in [1.807, 2.05) is 6.07 Å². The molecule has 0 aliphatic carbocycles. The lowest BCUT2D eigenvalue weighted by molar-refractivity contribution is -0.385. The van der Waals surface area contributed by atoms with Crippen molar-refractivity contribution >= 4 is 11.4 Å². The van der Waals surface area contributed by atoms with Gasteiger partial charge in [0.2, 0.25) is 0 Å². The largest absolute Gasteiger partial charge is 0.381 e. The maximum absolute atomic E-state index is 10.8. The second-order valence-electron chi connectivity index (χ2n) is 4.29. The molecule has 1 unspecified atom stereocenters. The van der Waals surface area contributed by atoms with Gasteiger partial charge in [-0.25, -0.2) is 0 Å². The number of nitriles is 1. The van der Waals surface area contributed by atoms with E-state index in [0.29, 0.717) is 5.69 Å². The summed E-state index contributed by atoms with van der Waals surface area (Å²) in [7, 11) is 0. The second kappa shape index (κ2) is 5.47. The fourth-order valence-electron chi connectivity index (χ4n) is 2.08. The molecule has 0 spiro atoms. The van der Waals surface area contributed by atoms with E-state index in [-0.39, 0.29) is 17.3 Å². The van der Waals surface area contributed by atoms with Crippen LogP contribution in [0.25, 0.3) is 0 Å². The molecule has 1 fully saturated rings. The lowest BCUT2D eigenvalue weighted by Crippen LogP contribution is -2.38. The zero-order chi connectivity index (χ0) is 13.0. The van der Waals surface area contributed by atoms with Crippen molar-refractivity contribution in [2.45, 2.75) is 18.9 Å². The molecule has 1 atom stereocenters. The molecule has 1 aromatic carbocycles. The van der Waals surface area contributed by atoms with E-state index in [1.165, 1.54) is 12.1 Å². The zero-order valence-corrected chi connectivity index (χ0v) is 9.85. The van der Waals surface area contributed by atoms with Crippen molar-refractivity contribution in [2.24, 2.45) is 0 Å². The first kappa shape index (κ1) is 12.3. The normalized spacial score (nSPS) is 18.9. The number of benzene rings is 1. The standard InChI is InChI=1S/C12H14N4O2/c13-7-9-3-4-10(6-12(9)16(17)18)15-11-2-1-5-14-8-11/h3-4,6,11,14-15H,1-2,5,8H2. The van der Waals surface area contributed by atoms with E-state index in [1.54, 1.807) is 6.07 Å². The van der Waals surface area contributed by atoms with Crippen molar-refractivity contribution < 1.29 is 4.92 Å². The van der Waals surface area contributed by atoms with Crippen LogP contribution in [0.15, 0.2) is 18.2 Å². The van der Waals surface area contributed by atoms with E-state index >= 15 is 0 Å². The van der Waals surface area contributed by atoms with Crippen molar-refractivity contribution in [3.8, 4) is 6.07 Å². The number of hydrogen-bond acceptors (Lipinski definition) is 5. The first-order chi connectivity index (χ1) is 8.70. The van der Waals surface area contributed by atoms with Gasteiger partial charge in [0.15, 0.2) is 0 Å². The van der Waals surface area contributed by atoms with Crippen molar-refractivity contribution in [2.75, 3.05) is 18.4 Å². The lowest BCUT2D eigenvalue weighted by atomic mass is 10.1. The summed E-state index contributed by atoms with van der Waals surface area (Å²) in [6, 6.07) is 6.72. The number of nitro groups is 1. The number of nitro benzene ring substituents is 1. The fourth-order valence-corrected chi connectivity index (χ4v) is 2.08. The van der Waals surface area contributed by atoms with Gasteiger partial charge in [0.05, 0.1) is 4.92 Å². The van der Waals surface area contributed by atoms with Crippen LogP contribution in [0.3, 0.4) is 0 Å². The van der Waals surface area contributed by atoms with Gasteiger partial charge in [-0.05, 0) is 31.5 Å². The van der Waals surface area contributed by atoms with Gasteiger partial charge in [0.1, 0.15) is 11.6 Å². The van der Waals surface area contributed by atoms with Crippen LogP contribution < -0.4 is 10.6 Å². The number of nitrogens with one attached hydrogen (secondary N) is 2. The lowest BCUT2D eigenvalue weighted by Gasteiger charge is -2.24. The molecule has 0 saturated carbocycles. The maximum atomic E-state index is 10.8. The number of anilines is 1. The molecule has 1 heterocycles. The molecule has 0 amide bonds. The molecule has 6 nitrogen and oxygen atoms in total. The van der Waals surface area contributed by atoms with E-state index < -0.39 is 4.92 Å². The van der Waals surface area contributed by atoms with Crippen LogP contribution in [-0.2, 0) is 0 Å². The summed E-state index contributed by atoms with van der Waals surface area (Å²) in [6.45, 7) is 1.87. The van der Waals surface area contributed by atoms with Crippen LogP contribution in [-0.4, -0.2) is 24.1 Å². The Kier molecular flexibility index (Phi) is 3.75. The molecule has 18 heavy (non-hydrogen) atoms. The molecule has 0 aromatic heterocycles. The van der Waals surface area contributed by atoms with Gasteiger partial charge in [-0.1, -0.05) is 0 Å². The molecule has 2 rings (SSSR count). The summed E-state index contributed by atoms with van der Waals surface area (Å²) in [5, 5.41) is 26.2. The average molecular weight is 246 g/mol. The third-order valence-corrected chi connectivity index (χ3v) is 2.98. The van der Waals surface area contributed by atoms with Crippen molar-refractivity contribution in [3.05, 3.63) is 33.9 Å². The number of rotatable bonds is 3. The first-order valence-electron chi connectivity index (χ1n) is 5.86. The molecule has 6 heteroatoms. The maximum Gasteiger partial charge on any atom is 0.289 e. The van der Waals surface area contributed by atoms with Gasteiger partial charge in [-0.2, -0.15) is 5.26 Å². The molecule has 1 aromatic rings. The Labute approximate surface area is 105 Å². The quantitative estimate of drug-likeness (QED) is 0.624. The van der Waals surface area contributed by atoms with Crippen molar-refractivity contribution in [1.82, 2.24) is 5.32 Å². The monoisotopic (exact) mass is 246 g/mol.